The maximum Gasteiger partial charge on any atom is 0.410 e. The van der Waals surface area contributed by atoms with Crippen LogP contribution in [0.15, 0.2) is 0 Å². The van der Waals surface area contributed by atoms with Gasteiger partial charge >= 0.3 is 6.09 Å². The predicted octanol–water partition coefficient (Wildman–Crippen LogP) is 1.54. The van der Waals surface area contributed by atoms with Gasteiger partial charge in [0.2, 0.25) is 0 Å². The fraction of sp³-hybridized carbons (Fsp3) is 0.929. The minimum Gasteiger partial charge on any atom is -0.444 e. The van der Waals surface area contributed by atoms with Gasteiger partial charge in [-0.2, -0.15) is 0 Å². The van der Waals surface area contributed by atoms with Gasteiger partial charge in [0, 0.05) is 32.2 Å². The van der Waals surface area contributed by atoms with E-state index in [2.05, 4.69) is 17.1 Å². The van der Waals surface area contributed by atoms with E-state index in [-0.39, 0.29) is 6.09 Å². The van der Waals surface area contributed by atoms with Crippen molar-refractivity contribution in [3.05, 3.63) is 0 Å². The van der Waals surface area contributed by atoms with Gasteiger partial charge in [-0.15, -0.1) is 0 Å². The number of carbonyl (C=O) groups is 1. The minimum absolute atomic E-state index is 0.184. The van der Waals surface area contributed by atoms with E-state index in [0.717, 1.165) is 39.1 Å². The fourth-order valence-corrected chi connectivity index (χ4v) is 2.14. The molecular formula is C14H29N3O2. The Kier molecular flexibility index (Phi) is 6.07. The van der Waals surface area contributed by atoms with E-state index in [4.69, 9.17) is 4.74 Å². The molecule has 1 amide bonds. The molecule has 0 radical (unpaired) electrons. The SMILES string of the molecule is CNC(C)CN1CCCN(C(=O)OC(C)(C)C)CC1. The summed E-state index contributed by atoms with van der Waals surface area (Å²) in [7, 11) is 1.98. The second-order valence-electron chi connectivity index (χ2n) is 6.31. The highest BCUT2D eigenvalue weighted by Crippen LogP contribution is 2.12. The van der Waals surface area contributed by atoms with E-state index in [1.54, 1.807) is 0 Å². The van der Waals surface area contributed by atoms with E-state index < -0.39 is 5.60 Å². The average molecular weight is 271 g/mol. The summed E-state index contributed by atoms with van der Waals surface area (Å²) in [6.07, 6.45) is 0.825. The molecule has 1 N–H and O–H groups in total. The molecule has 5 nitrogen and oxygen atoms in total. The first kappa shape index (κ1) is 16.2. The quantitative estimate of drug-likeness (QED) is 0.845. The highest BCUT2D eigenvalue weighted by molar-refractivity contribution is 5.68. The van der Waals surface area contributed by atoms with Crippen LogP contribution >= 0.6 is 0 Å². The van der Waals surface area contributed by atoms with Crippen LogP contribution in [0.1, 0.15) is 34.1 Å². The number of hydrogen-bond acceptors (Lipinski definition) is 4. The minimum atomic E-state index is -0.413. The Bertz CT molecular complexity index is 289. The zero-order chi connectivity index (χ0) is 14.5. The van der Waals surface area contributed by atoms with E-state index >= 15 is 0 Å². The molecule has 1 aliphatic heterocycles. The van der Waals surface area contributed by atoms with Crippen LogP contribution in [0.2, 0.25) is 0 Å². The molecule has 112 valence electrons. The van der Waals surface area contributed by atoms with Crippen molar-refractivity contribution in [3.63, 3.8) is 0 Å². The van der Waals surface area contributed by atoms with Gasteiger partial charge in [-0.3, -0.25) is 4.90 Å². The standard InChI is InChI=1S/C14H29N3O2/c1-12(15-5)11-16-7-6-8-17(10-9-16)13(18)19-14(2,3)4/h12,15H,6-11H2,1-5H3. The fourth-order valence-electron chi connectivity index (χ4n) is 2.14. The predicted molar refractivity (Wildman–Crippen MR) is 77.4 cm³/mol. The number of hydrogen-bond donors (Lipinski definition) is 1. The van der Waals surface area contributed by atoms with Gasteiger partial charge in [0.25, 0.3) is 0 Å². The van der Waals surface area contributed by atoms with Crippen molar-refractivity contribution in [1.29, 1.82) is 0 Å². The molecule has 1 saturated heterocycles. The van der Waals surface area contributed by atoms with E-state index in [1.807, 2.05) is 32.7 Å². The lowest BCUT2D eigenvalue weighted by Crippen LogP contribution is -2.41. The first-order chi connectivity index (χ1) is 8.81. The van der Waals surface area contributed by atoms with Crippen molar-refractivity contribution in [2.45, 2.75) is 45.8 Å². The van der Waals surface area contributed by atoms with Crippen molar-refractivity contribution in [2.75, 3.05) is 39.8 Å². The Morgan fingerprint density at radius 3 is 2.53 bits per heavy atom. The third-order valence-corrected chi connectivity index (χ3v) is 3.27. The summed E-state index contributed by atoms with van der Waals surface area (Å²) in [4.78, 5) is 16.3. The van der Waals surface area contributed by atoms with Crippen molar-refractivity contribution < 1.29 is 9.53 Å². The summed E-state index contributed by atoms with van der Waals surface area (Å²) >= 11 is 0. The molecular weight excluding hydrogens is 242 g/mol. The molecule has 0 spiro atoms. The molecule has 0 aromatic heterocycles. The molecule has 0 aliphatic carbocycles. The monoisotopic (exact) mass is 271 g/mol. The van der Waals surface area contributed by atoms with Crippen molar-refractivity contribution in [3.8, 4) is 0 Å². The van der Waals surface area contributed by atoms with Crippen LogP contribution in [-0.2, 0) is 4.74 Å². The molecule has 0 aromatic carbocycles. The Morgan fingerprint density at radius 1 is 1.26 bits per heavy atom. The van der Waals surface area contributed by atoms with Crippen LogP contribution in [0.3, 0.4) is 0 Å². The van der Waals surface area contributed by atoms with Crippen LogP contribution in [0, 0.1) is 0 Å². The molecule has 19 heavy (non-hydrogen) atoms. The summed E-state index contributed by atoms with van der Waals surface area (Å²) in [6.45, 7) is 12.4. The summed E-state index contributed by atoms with van der Waals surface area (Å²) in [5.41, 5.74) is -0.413. The van der Waals surface area contributed by atoms with Crippen LogP contribution in [0.5, 0.6) is 0 Å². The van der Waals surface area contributed by atoms with Crippen molar-refractivity contribution in [2.24, 2.45) is 0 Å². The molecule has 1 unspecified atom stereocenters. The third kappa shape index (κ3) is 6.25. The van der Waals surface area contributed by atoms with E-state index in [9.17, 15) is 4.79 Å². The highest BCUT2D eigenvalue weighted by atomic mass is 16.6. The Labute approximate surface area is 117 Å². The highest BCUT2D eigenvalue weighted by Gasteiger charge is 2.24. The van der Waals surface area contributed by atoms with Crippen LogP contribution < -0.4 is 5.32 Å². The summed E-state index contributed by atoms with van der Waals surface area (Å²) in [5.74, 6) is 0. The topological polar surface area (TPSA) is 44.8 Å². The Hall–Kier alpha value is -0.810. The number of amides is 1. The van der Waals surface area contributed by atoms with Gasteiger partial charge in [0.1, 0.15) is 5.60 Å². The summed E-state index contributed by atoms with van der Waals surface area (Å²) in [5, 5.41) is 3.25. The van der Waals surface area contributed by atoms with Gasteiger partial charge in [0.05, 0.1) is 0 Å². The first-order valence-electron chi connectivity index (χ1n) is 7.19. The first-order valence-corrected chi connectivity index (χ1v) is 7.19. The van der Waals surface area contributed by atoms with Gasteiger partial charge in [-0.05, 0) is 47.7 Å². The van der Waals surface area contributed by atoms with Crippen molar-refractivity contribution >= 4 is 6.09 Å². The maximum atomic E-state index is 12.0. The second kappa shape index (κ2) is 7.10. The molecule has 1 fully saturated rings. The number of nitrogens with zero attached hydrogens (tertiary/aromatic N) is 2. The molecule has 0 saturated carbocycles. The Balaban J connectivity index is 2.43. The Morgan fingerprint density at radius 2 is 1.95 bits per heavy atom. The largest absolute Gasteiger partial charge is 0.444 e. The zero-order valence-corrected chi connectivity index (χ0v) is 13.0. The van der Waals surface area contributed by atoms with Gasteiger partial charge in [-0.25, -0.2) is 4.79 Å². The number of rotatable bonds is 3. The number of ether oxygens (including phenoxy) is 1. The molecule has 1 rings (SSSR count). The van der Waals surface area contributed by atoms with Crippen LogP contribution in [0.25, 0.3) is 0 Å². The third-order valence-electron chi connectivity index (χ3n) is 3.27. The lowest BCUT2D eigenvalue weighted by Gasteiger charge is -2.27. The molecule has 0 bridgehead atoms. The number of carbonyl (C=O) groups excluding carboxylic acids is 1. The second-order valence-corrected chi connectivity index (χ2v) is 6.31. The summed E-state index contributed by atoms with van der Waals surface area (Å²) < 4.78 is 5.43. The number of nitrogens with one attached hydrogen (secondary N) is 1. The van der Waals surface area contributed by atoms with Crippen LogP contribution in [-0.4, -0.2) is 67.3 Å². The van der Waals surface area contributed by atoms with Gasteiger partial charge in [0.15, 0.2) is 0 Å². The van der Waals surface area contributed by atoms with Gasteiger partial charge < -0.3 is 15.0 Å². The molecule has 5 heteroatoms. The summed E-state index contributed by atoms with van der Waals surface area (Å²) in [6, 6.07) is 0.480. The molecule has 1 aliphatic rings. The normalized spacial score (nSPS) is 19.9. The van der Waals surface area contributed by atoms with E-state index in [1.165, 1.54) is 0 Å². The van der Waals surface area contributed by atoms with Crippen LogP contribution in [0.4, 0.5) is 4.79 Å². The lowest BCUT2D eigenvalue weighted by atomic mass is 10.2. The lowest BCUT2D eigenvalue weighted by molar-refractivity contribution is 0.0257. The smallest absolute Gasteiger partial charge is 0.410 e. The zero-order valence-electron chi connectivity index (χ0n) is 13.0. The average Bonchev–Trinajstić information content (AvgIpc) is 2.52. The molecule has 0 aromatic rings. The molecule has 1 atom stereocenters. The van der Waals surface area contributed by atoms with Crippen molar-refractivity contribution in [1.82, 2.24) is 15.1 Å². The maximum absolute atomic E-state index is 12.0. The van der Waals surface area contributed by atoms with Gasteiger partial charge in [-0.1, -0.05) is 0 Å². The molecule has 1 heterocycles. The van der Waals surface area contributed by atoms with E-state index in [0.29, 0.717) is 6.04 Å². The number of likely N-dealkylation sites (N-methyl/N-ethyl adjacent to an activating group) is 1.